The zero-order valence-corrected chi connectivity index (χ0v) is 15.1. The summed E-state index contributed by atoms with van der Waals surface area (Å²) >= 11 is 3.98. The highest BCUT2D eigenvalue weighted by Crippen LogP contribution is 2.02. The number of carboxylic acid groups (broad SMARTS) is 1. The number of aliphatic carboxylic acids is 1. The van der Waals surface area contributed by atoms with Gasteiger partial charge in [0.2, 0.25) is 17.7 Å². The predicted octanol–water partition coefficient (Wildman–Crippen LogP) is -2.44. The number of nitrogens with two attached hydrogens (primary N) is 2. The summed E-state index contributed by atoms with van der Waals surface area (Å²) in [6.45, 7) is 1.55. The Kier molecular flexibility index (Phi) is 11.6. The van der Waals surface area contributed by atoms with Crippen LogP contribution in [0.4, 0.5) is 0 Å². The normalized spacial score (nSPS) is 14.1. The van der Waals surface area contributed by atoms with Crippen LogP contribution in [0.3, 0.4) is 0 Å². The van der Waals surface area contributed by atoms with E-state index in [0.29, 0.717) is 19.4 Å². The van der Waals surface area contributed by atoms with Crippen LogP contribution in [0.1, 0.15) is 26.2 Å². The third-order valence-electron chi connectivity index (χ3n) is 3.23. The fourth-order valence-corrected chi connectivity index (χ4v) is 2.05. The van der Waals surface area contributed by atoms with Gasteiger partial charge in [0.05, 0.1) is 12.6 Å². The summed E-state index contributed by atoms with van der Waals surface area (Å²) in [5, 5.41) is 16.2. The Morgan fingerprint density at radius 1 is 1.08 bits per heavy atom. The van der Waals surface area contributed by atoms with Gasteiger partial charge in [-0.15, -0.1) is 0 Å². The number of hydrogen-bond donors (Lipinski definition) is 7. The molecule has 25 heavy (non-hydrogen) atoms. The van der Waals surface area contributed by atoms with Gasteiger partial charge < -0.3 is 32.5 Å². The van der Waals surface area contributed by atoms with Gasteiger partial charge in [-0.3, -0.25) is 14.4 Å². The molecule has 0 heterocycles. The van der Waals surface area contributed by atoms with Crippen molar-refractivity contribution in [2.75, 3.05) is 18.8 Å². The Balaban J connectivity index is 4.54. The minimum absolute atomic E-state index is 0.0338. The summed E-state index contributed by atoms with van der Waals surface area (Å²) in [5.74, 6) is -2.99. The Morgan fingerprint density at radius 2 is 1.72 bits per heavy atom. The van der Waals surface area contributed by atoms with Gasteiger partial charge in [-0.05, 0) is 32.7 Å². The third kappa shape index (κ3) is 9.89. The fraction of sp³-hybridized carbons (Fsp3) is 0.714. The summed E-state index contributed by atoms with van der Waals surface area (Å²) in [7, 11) is 0. The van der Waals surface area contributed by atoms with E-state index >= 15 is 0 Å². The maximum atomic E-state index is 12.1. The molecule has 11 heteroatoms. The molecule has 3 amide bonds. The minimum Gasteiger partial charge on any atom is -0.480 e. The highest BCUT2D eigenvalue weighted by molar-refractivity contribution is 7.80. The summed E-state index contributed by atoms with van der Waals surface area (Å²) in [4.78, 5) is 46.4. The van der Waals surface area contributed by atoms with Crippen molar-refractivity contribution in [3.8, 4) is 0 Å². The molecule has 10 nitrogen and oxygen atoms in total. The van der Waals surface area contributed by atoms with Crippen LogP contribution < -0.4 is 27.4 Å². The van der Waals surface area contributed by atoms with Gasteiger partial charge in [0.1, 0.15) is 12.1 Å². The predicted molar refractivity (Wildman–Crippen MR) is 94.9 cm³/mol. The molecule has 0 fully saturated rings. The number of unbranched alkanes of at least 4 members (excludes halogenated alkanes) is 1. The molecule has 8 N–H and O–H groups in total. The standard InChI is InChI=1S/C14H27N5O5S/c1-8(16)12(21)17-6-11(20)18-10(7-25)13(22)19-9(14(23)24)4-2-3-5-15/h8-10,25H,2-7,15-16H2,1H3,(H,17,21)(H,18,20)(H,19,22)(H,23,24). The van der Waals surface area contributed by atoms with Gasteiger partial charge in [0, 0.05) is 5.75 Å². The number of thiol groups is 1. The molecule has 0 saturated heterocycles. The lowest BCUT2D eigenvalue weighted by molar-refractivity contribution is -0.142. The average molecular weight is 377 g/mol. The second kappa shape index (κ2) is 12.5. The molecule has 3 atom stereocenters. The number of nitrogens with one attached hydrogen (secondary N) is 3. The number of rotatable bonds is 12. The second-order valence-corrected chi connectivity index (χ2v) is 5.86. The summed E-state index contributed by atoms with van der Waals surface area (Å²) in [5.41, 5.74) is 10.7. The molecular weight excluding hydrogens is 350 g/mol. The van der Waals surface area contributed by atoms with Crippen molar-refractivity contribution < 1.29 is 24.3 Å². The lowest BCUT2D eigenvalue weighted by Gasteiger charge is -2.20. The van der Waals surface area contributed by atoms with Crippen LogP contribution >= 0.6 is 12.6 Å². The first-order chi connectivity index (χ1) is 11.7. The Bertz CT molecular complexity index is 475. The maximum absolute atomic E-state index is 12.1. The van der Waals surface area contributed by atoms with Gasteiger partial charge in [0.25, 0.3) is 0 Å². The van der Waals surface area contributed by atoms with Crippen LogP contribution in [-0.4, -0.2) is 65.8 Å². The number of carbonyl (C=O) groups excluding carboxylic acids is 3. The van der Waals surface area contributed by atoms with Crippen molar-refractivity contribution in [2.24, 2.45) is 11.5 Å². The fourth-order valence-electron chi connectivity index (χ4n) is 1.79. The lowest BCUT2D eigenvalue weighted by Crippen LogP contribution is -2.54. The van der Waals surface area contributed by atoms with E-state index in [9.17, 15) is 19.2 Å². The molecular formula is C14H27N5O5S. The van der Waals surface area contributed by atoms with Crippen molar-refractivity contribution in [3.63, 3.8) is 0 Å². The molecule has 0 spiro atoms. The Morgan fingerprint density at radius 3 is 2.20 bits per heavy atom. The van der Waals surface area contributed by atoms with E-state index in [2.05, 4.69) is 28.6 Å². The molecule has 0 aromatic heterocycles. The first-order valence-corrected chi connectivity index (χ1v) is 8.52. The quantitative estimate of drug-likeness (QED) is 0.146. The molecule has 3 unspecified atom stereocenters. The SMILES string of the molecule is CC(N)C(=O)NCC(=O)NC(CS)C(=O)NC(CCCCN)C(=O)O. The van der Waals surface area contributed by atoms with Crippen LogP contribution in [0.25, 0.3) is 0 Å². The van der Waals surface area contributed by atoms with Gasteiger partial charge in [0.15, 0.2) is 0 Å². The Labute approximate surface area is 151 Å². The monoisotopic (exact) mass is 377 g/mol. The van der Waals surface area contributed by atoms with Crippen molar-refractivity contribution in [2.45, 2.75) is 44.3 Å². The zero-order chi connectivity index (χ0) is 19.4. The molecule has 144 valence electrons. The van der Waals surface area contributed by atoms with E-state index < -0.39 is 41.8 Å². The van der Waals surface area contributed by atoms with E-state index in [0.717, 1.165) is 0 Å². The number of carbonyl (C=O) groups is 4. The first-order valence-electron chi connectivity index (χ1n) is 7.89. The molecule has 0 saturated carbocycles. The van der Waals surface area contributed by atoms with E-state index in [1.165, 1.54) is 6.92 Å². The van der Waals surface area contributed by atoms with Gasteiger partial charge in [-0.25, -0.2) is 4.79 Å². The highest BCUT2D eigenvalue weighted by Gasteiger charge is 2.25. The maximum Gasteiger partial charge on any atom is 0.326 e. The third-order valence-corrected chi connectivity index (χ3v) is 3.60. The van der Waals surface area contributed by atoms with Crippen LogP contribution in [0.5, 0.6) is 0 Å². The first kappa shape index (κ1) is 23.1. The molecule has 0 radical (unpaired) electrons. The van der Waals surface area contributed by atoms with Crippen LogP contribution in [-0.2, 0) is 19.2 Å². The van der Waals surface area contributed by atoms with Crippen LogP contribution in [0, 0.1) is 0 Å². The van der Waals surface area contributed by atoms with Gasteiger partial charge in [-0.1, -0.05) is 0 Å². The molecule has 0 rings (SSSR count). The Hall–Kier alpha value is -1.85. The minimum atomic E-state index is -1.17. The molecule has 0 aliphatic heterocycles. The van der Waals surface area contributed by atoms with Crippen LogP contribution in [0.15, 0.2) is 0 Å². The highest BCUT2D eigenvalue weighted by atomic mass is 32.1. The van der Waals surface area contributed by atoms with Gasteiger partial charge >= 0.3 is 5.97 Å². The van der Waals surface area contributed by atoms with Gasteiger partial charge in [-0.2, -0.15) is 12.6 Å². The van der Waals surface area contributed by atoms with E-state index in [1.54, 1.807) is 0 Å². The number of hydrogen-bond acceptors (Lipinski definition) is 7. The van der Waals surface area contributed by atoms with Crippen molar-refractivity contribution in [1.29, 1.82) is 0 Å². The van der Waals surface area contributed by atoms with Crippen molar-refractivity contribution >= 4 is 36.3 Å². The number of amides is 3. The molecule has 0 aliphatic carbocycles. The van der Waals surface area contributed by atoms with E-state index in [1.807, 2.05) is 0 Å². The largest absolute Gasteiger partial charge is 0.480 e. The smallest absolute Gasteiger partial charge is 0.326 e. The zero-order valence-electron chi connectivity index (χ0n) is 14.2. The van der Waals surface area contributed by atoms with E-state index in [-0.39, 0.29) is 18.7 Å². The molecule has 0 aromatic carbocycles. The second-order valence-electron chi connectivity index (χ2n) is 5.49. The lowest BCUT2D eigenvalue weighted by atomic mass is 10.1. The van der Waals surface area contributed by atoms with Crippen molar-refractivity contribution in [3.05, 3.63) is 0 Å². The summed E-state index contributed by atoms with van der Waals surface area (Å²) in [6.07, 6.45) is 1.43. The topological polar surface area (TPSA) is 177 Å². The van der Waals surface area contributed by atoms with E-state index in [4.69, 9.17) is 16.6 Å². The molecule has 0 aliphatic rings. The average Bonchev–Trinajstić information content (AvgIpc) is 2.56. The summed E-state index contributed by atoms with van der Waals surface area (Å²) in [6, 6.07) is -2.86. The number of carboxylic acids is 1. The van der Waals surface area contributed by atoms with Crippen molar-refractivity contribution in [1.82, 2.24) is 16.0 Å². The molecule has 0 bridgehead atoms. The summed E-state index contributed by atoms with van der Waals surface area (Å²) < 4.78 is 0. The molecule has 0 aromatic rings. The van der Waals surface area contributed by atoms with Crippen LogP contribution in [0.2, 0.25) is 0 Å².